The highest BCUT2D eigenvalue weighted by molar-refractivity contribution is 5.53. The molecule has 4 rings (SSSR count). The number of hydrogen-bond donors (Lipinski definition) is 2. The van der Waals surface area contributed by atoms with Crippen LogP contribution >= 0.6 is 0 Å². The summed E-state index contributed by atoms with van der Waals surface area (Å²) in [6.45, 7) is 6.84. The van der Waals surface area contributed by atoms with E-state index in [-0.39, 0.29) is 12.2 Å². The van der Waals surface area contributed by atoms with Gasteiger partial charge in [-0.15, -0.1) is 6.58 Å². The number of likely N-dealkylation sites (tertiary alicyclic amines) is 1. The van der Waals surface area contributed by atoms with Crippen molar-refractivity contribution in [2.45, 2.75) is 38.0 Å². The van der Waals surface area contributed by atoms with E-state index >= 15 is 0 Å². The summed E-state index contributed by atoms with van der Waals surface area (Å²) >= 11 is 0. The molecule has 2 heterocycles. The molecule has 1 fully saturated rings. The minimum atomic E-state index is -1.83. The van der Waals surface area contributed by atoms with E-state index in [0.717, 1.165) is 44.6 Å². The summed E-state index contributed by atoms with van der Waals surface area (Å²) in [5.41, 5.74) is 4.84. The molecular weight excluding hydrogens is 428 g/mol. The third kappa shape index (κ3) is 8.14. The molecule has 1 unspecified atom stereocenters. The molecule has 178 valence electrons. The van der Waals surface area contributed by atoms with Gasteiger partial charge >= 0.3 is 6.16 Å². The Labute approximate surface area is 201 Å². The van der Waals surface area contributed by atoms with Crippen molar-refractivity contribution in [2.75, 3.05) is 13.1 Å². The van der Waals surface area contributed by atoms with Crippen LogP contribution in [0.3, 0.4) is 0 Å². The van der Waals surface area contributed by atoms with E-state index in [1.165, 1.54) is 16.7 Å². The van der Waals surface area contributed by atoms with Gasteiger partial charge in [-0.25, -0.2) is 4.79 Å². The van der Waals surface area contributed by atoms with Crippen LogP contribution in [-0.4, -0.2) is 45.4 Å². The summed E-state index contributed by atoms with van der Waals surface area (Å²) in [7, 11) is 0. The zero-order chi connectivity index (χ0) is 24.2. The Morgan fingerprint density at radius 2 is 1.62 bits per heavy atom. The van der Waals surface area contributed by atoms with Crippen molar-refractivity contribution in [3.63, 3.8) is 0 Å². The summed E-state index contributed by atoms with van der Waals surface area (Å²) < 4.78 is 6.70. The monoisotopic (exact) mass is 460 g/mol. The Hall–Kier alpha value is -3.48. The number of ether oxygens (including phenoxy) is 1. The predicted molar refractivity (Wildman–Crippen MR) is 133 cm³/mol. The second-order valence-corrected chi connectivity index (χ2v) is 8.24. The predicted octanol–water partition coefficient (Wildman–Crippen LogP) is 5.80. The third-order valence-electron chi connectivity index (χ3n) is 5.74. The van der Waals surface area contributed by atoms with Crippen LogP contribution in [0, 0.1) is 0 Å². The van der Waals surface area contributed by atoms with Crippen LogP contribution in [0.4, 0.5) is 4.79 Å². The van der Waals surface area contributed by atoms with E-state index in [1.807, 2.05) is 18.3 Å². The van der Waals surface area contributed by atoms with Gasteiger partial charge in [-0.1, -0.05) is 66.7 Å². The fourth-order valence-corrected chi connectivity index (χ4v) is 4.09. The molecule has 0 spiro atoms. The van der Waals surface area contributed by atoms with Gasteiger partial charge in [0.15, 0.2) is 0 Å². The molecule has 6 nitrogen and oxygen atoms in total. The number of carbonyl (C=O) groups is 1. The molecule has 1 aliphatic heterocycles. The van der Waals surface area contributed by atoms with Crippen LogP contribution in [0.2, 0.25) is 0 Å². The Morgan fingerprint density at radius 3 is 2.21 bits per heavy atom. The molecule has 34 heavy (non-hydrogen) atoms. The second kappa shape index (κ2) is 13.3. The van der Waals surface area contributed by atoms with E-state index in [2.05, 4.69) is 83.2 Å². The summed E-state index contributed by atoms with van der Waals surface area (Å²) in [6, 6.07) is 25.5. The van der Waals surface area contributed by atoms with Crippen molar-refractivity contribution in [3.05, 3.63) is 114 Å². The van der Waals surface area contributed by atoms with Crippen molar-refractivity contribution < 1.29 is 19.7 Å². The number of hydrogen-bond acceptors (Lipinski definition) is 4. The van der Waals surface area contributed by atoms with E-state index < -0.39 is 6.16 Å². The number of aromatic nitrogens is 1. The lowest BCUT2D eigenvalue weighted by molar-refractivity contribution is -0.0283. The van der Waals surface area contributed by atoms with Gasteiger partial charge in [0.2, 0.25) is 0 Å². The standard InChI is InChI=1S/C27H30N2O.CH2O3/c1-2-8-22-12-14-24(15-13-22)27(23-9-4-3-5-10-23)30-26-16-19-29(20-17-26)21-25-11-6-7-18-28-25;2-1(3)4/h2-7,9-15,18,26-27H,1,8,16-17,19-21H2;(H2,2,3,4). The van der Waals surface area contributed by atoms with Crippen LogP contribution in [-0.2, 0) is 17.7 Å². The summed E-state index contributed by atoms with van der Waals surface area (Å²) in [5, 5.41) is 13.9. The van der Waals surface area contributed by atoms with E-state index in [1.54, 1.807) is 0 Å². The van der Waals surface area contributed by atoms with Crippen molar-refractivity contribution in [3.8, 4) is 0 Å². The van der Waals surface area contributed by atoms with Crippen LogP contribution in [0.5, 0.6) is 0 Å². The minimum Gasteiger partial charge on any atom is -0.450 e. The number of carboxylic acid groups (broad SMARTS) is 2. The SMILES string of the molecule is C=CCc1ccc(C(OC2CCN(Cc3ccccn3)CC2)c2ccccc2)cc1.O=C(O)O. The van der Waals surface area contributed by atoms with Crippen LogP contribution in [0.25, 0.3) is 0 Å². The van der Waals surface area contributed by atoms with Gasteiger partial charge in [0, 0.05) is 25.8 Å². The number of benzene rings is 2. The molecule has 1 aliphatic rings. The number of rotatable bonds is 8. The number of piperidine rings is 1. The average Bonchev–Trinajstić information content (AvgIpc) is 2.85. The van der Waals surface area contributed by atoms with E-state index in [4.69, 9.17) is 19.7 Å². The average molecular weight is 461 g/mol. The quantitative estimate of drug-likeness (QED) is 0.413. The topological polar surface area (TPSA) is 82.9 Å². The summed E-state index contributed by atoms with van der Waals surface area (Å²) in [4.78, 5) is 15.5. The molecular formula is C28H32N2O4. The molecule has 0 saturated carbocycles. The zero-order valence-corrected chi connectivity index (χ0v) is 19.3. The highest BCUT2D eigenvalue weighted by atomic mass is 16.6. The number of pyridine rings is 1. The van der Waals surface area contributed by atoms with Gasteiger partial charge < -0.3 is 14.9 Å². The summed E-state index contributed by atoms with van der Waals surface area (Å²) in [5.74, 6) is 0. The Balaban J connectivity index is 0.000000751. The largest absolute Gasteiger partial charge is 0.503 e. The normalized spacial score (nSPS) is 15.1. The molecule has 0 amide bonds. The third-order valence-corrected chi connectivity index (χ3v) is 5.74. The first-order valence-corrected chi connectivity index (χ1v) is 11.5. The van der Waals surface area contributed by atoms with Gasteiger partial charge in [-0.3, -0.25) is 9.88 Å². The molecule has 2 aromatic carbocycles. The smallest absolute Gasteiger partial charge is 0.450 e. The van der Waals surface area contributed by atoms with Crippen molar-refractivity contribution in [1.82, 2.24) is 9.88 Å². The first-order chi connectivity index (χ1) is 16.5. The number of allylic oxidation sites excluding steroid dienone is 1. The molecule has 6 heteroatoms. The number of nitrogens with zero attached hydrogens (tertiary/aromatic N) is 2. The van der Waals surface area contributed by atoms with Crippen molar-refractivity contribution >= 4 is 6.16 Å². The van der Waals surface area contributed by atoms with Gasteiger partial charge in [-0.2, -0.15) is 0 Å². The van der Waals surface area contributed by atoms with Gasteiger partial charge in [0.1, 0.15) is 6.10 Å². The van der Waals surface area contributed by atoms with Gasteiger partial charge in [0.25, 0.3) is 0 Å². The molecule has 1 aromatic heterocycles. The Morgan fingerprint density at radius 1 is 1.00 bits per heavy atom. The molecule has 0 aliphatic carbocycles. The molecule has 0 bridgehead atoms. The maximum Gasteiger partial charge on any atom is 0.503 e. The lowest BCUT2D eigenvalue weighted by Crippen LogP contribution is -2.37. The van der Waals surface area contributed by atoms with Crippen molar-refractivity contribution in [2.24, 2.45) is 0 Å². The molecule has 3 aromatic rings. The van der Waals surface area contributed by atoms with Crippen LogP contribution in [0.1, 0.15) is 41.3 Å². The van der Waals surface area contributed by atoms with E-state index in [9.17, 15) is 0 Å². The maximum absolute atomic E-state index is 8.56. The van der Waals surface area contributed by atoms with Crippen LogP contribution in [0.15, 0.2) is 91.6 Å². The maximum atomic E-state index is 8.56. The fraction of sp³-hybridized carbons (Fsp3) is 0.286. The fourth-order valence-electron chi connectivity index (χ4n) is 4.09. The lowest BCUT2D eigenvalue weighted by Gasteiger charge is -2.34. The Kier molecular flexibility index (Phi) is 9.82. The highest BCUT2D eigenvalue weighted by Crippen LogP contribution is 2.30. The van der Waals surface area contributed by atoms with Crippen molar-refractivity contribution in [1.29, 1.82) is 0 Å². The first kappa shape index (κ1) is 25.1. The molecule has 1 atom stereocenters. The molecule has 0 radical (unpaired) electrons. The summed E-state index contributed by atoms with van der Waals surface area (Å²) in [6.07, 6.45) is 5.20. The second-order valence-electron chi connectivity index (χ2n) is 8.24. The minimum absolute atomic E-state index is 0.0312. The molecule has 2 N–H and O–H groups in total. The lowest BCUT2D eigenvalue weighted by atomic mass is 9.98. The Bertz CT molecular complexity index is 998. The zero-order valence-electron chi connectivity index (χ0n) is 19.3. The van der Waals surface area contributed by atoms with Gasteiger partial charge in [0.05, 0.1) is 11.8 Å². The van der Waals surface area contributed by atoms with E-state index in [0.29, 0.717) is 0 Å². The van der Waals surface area contributed by atoms with Crippen LogP contribution < -0.4 is 0 Å². The van der Waals surface area contributed by atoms with Gasteiger partial charge in [-0.05, 0) is 48.1 Å². The molecule has 1 saturated heterocycles. The first-order valence-electron chi connectivity index (χ1n) is 11.5. The highest BCUT2D eigenvalue weighted by Gasteiger charge is 2.25.